The van der Waals surface area contributed by atoms with Gasteiger partial charge in [-0.15, -0.1) is 6.42 Å². The van der Waals surface area contributed by atoms with Crippen LogP contribution >= 0.6 is 0 Å². The molecule has 0 fully saturated rings. The van der Waals surface area contributed by atoms with Gasteiger partial charge >= 0.3 is 0 Å². The molecule has 0 unspecified atom stereocenters. The lowest BCUT2D eigenvalue weighted by molar-refractivity contribution is -0.114. The number of ketones is 1. The summed E-state index contributed by atoms with van der Waals surface area (Å²) in [7, 11) is 0. The number of Topliss-reactive ketones (excluding diaryl/α,β-unsaturated/α-hetero) is 1. The largest absolute Gasteiger partial charge is 0.293 e. The van der Waals surface area contributed by atoms with E-state index in [1.165, 1.54) is 11.1 Å². The summed E-state index contributed by atoms with van der Waals surface area (Å²) in [5.41, 5.74) is 4.15. The summed E-state index contributed by atoms with van der Waals surface area (Å²) in [5, 5.41) is 0. The zero-order valence-corrected chi connectivity index (χ0v) is 12.0. The molecule has 1 rings (SSSR count). The summed E-state index contributed by atoms with van der Waals surface area (Å²) in [6, 6.07) is 6.19. The van der Waals surface area contributed by atoms with E-state index in [9.17, 15) is 4.79 Å². The van der Waals surface area contributed by atoms with E-state index in [0.29, 0.717) is 5.57 Å². The number of benzene rings is 1. The number of terminal acetylenes is 1. The molecule has 0 spiro atoms. The summed E-state index contributed by atoms with van der Waals surface area (Å²) < 4.78 is 0. The molecule has 1 aromatic carbocycles. The predicted octanol–water partition coefficient (Wildman–Crippen LogP) is 4.33. The molecule has 0 aromatic heterocycles. The zero-order valence-electron chi connectivity index (χ0n) is 12.0. The van der Waals surface area contributed by atoms with Gasteiger partial charge in [-0.05, 0) is 43.5 Å². The molecular weight excluding hydrogens is 220 g/mol. The molecule has 96 valence electrons. The third-order valence-electron chi connectivity index (χ3n) is 2.51. The number of rotatable bonds is 3. The molecule has 0 aliphatic carbocycles. The fourth-order valence-corrected chi connectivity index (χ4v) is 1.46. The maximum Gasteiger partial charge on any atom is 0.170 e. The summed E-state index contributed by atoms with van der Waals surface area (Å²) >= 11 is 0. The third kappa shape index (κ3) is 5.01. The molecule has 0 saturated heterocycles. The molecule has 0 atom stereocenters. The molecule has 18 heavy (non-hydrogen) atoms. The van der Waals surface area contributed by atoms with E-state index in [-0.39, 0.29) is 12.2 Å². The fraction of sp³-hybridized carbons (Fsp3) is 0.353. The van der Waals surface area contributed by atoms with Crippen LogP contribution in [-0.4, -0.2) is 5.78 Å². The monoisotopic (exact) mass is 242 g/mol. The van der Waals surface area contributed by atoms with Gasteiger partial charge in [0.15, 0.2) is 5.78 Å². The smallest absolute Gasteiger partial charge is 0.170 e. The van der Waals surface area contributed by atoms with E-state index >= 15 is 0 Å². The Morgan fingerprint density at radius 2 is 1.94 bits per heavy atom. The Labute approximate surface area is 111 Å². The minimum Gasteiger partial charge on any atom is -0.293 e. The number of aryl methyl sites for hydroxylation is 2. The first kappa shape index (κ1) is 16.2. The topological polar surface area (TPSA) is 17.1 Å². The molecule has 1 aromatic rings. The van der Waals surface area contributed by atoms with Crippen LogP contribution in [0.2, 0.25) is 0 Å². The van der Waals surface area contributed by atoms with Crippen molar-refractivity contribution in [3.05, 3.63) is 40.5 Å². The molecule has 0 heterocycles. The van der Waals surface area contributed by atoms with Crippen LogP contribution in [0.4, 0.5) is 0 Å². The Bertz CT molecular complexity index is 473. The molecule has 0 aliphatic rings. The van der Waals surface area contributed by atoms with Crippen molar-refractivity contribution in [2.45, 2.75) is 41.0 Å². The molecular formula is C17H22O. The number of allylic oxidation sites excluding steroid dienone is 1. The van der Waals surface area contributed by atoms with Gasteiger partial charge in [0.05, 0.1) is 6.42 Å². The second kappa shape index (κ2) is 8.31. The van der Waals surface area contributed by atoms with Gasteiger partial charge in [-0.25, -0.2) is 0 Å². The molecule has 0 bridgehead atoms. The van der Waals surface area contributed by atoms with Gasteiger partial charge in [0.2, 0.25) is 0 Å². The molecule has 0 aliphatic heterocycles. The summed E-state index contributed by atoms with van der Waals surface area (Å²) in [5.74, 6) is 2.39. The van der Waals surface area contributed by atoms with Crippen LogP contribution in [0.5, 0.6) is 0 Å². The third-order valence-corrected chi connectivity index (χ3v) is 2.51. The van der Waals surface area contributed by atoms with Gasteiger partial charge < -0.3 is 0 Å². The van der Waals surface area contributed by atoms with Crippen molar-refractivity contribution in [2.24, 2.45) is 0 Å². The average Bonchev–Trinajstić information content (AvgIpc) is 2.36. The number of carbonyl (C=O) groups is 1. The van der Waals surface area contributed by atoms with Crippen molar-refractivity contribution in [1.29, 1.82) is 0 Å². The van der Waals surface area contributed by atoms with E-state index in [1.54, 1.807) is 6.92 Å². The van der Waals surface area contributed by atoms with Crippen molar-refractivity contribution >= 4 is 11.9 Å². The highest BCUT2D eigenvalue weighted by Gasteiger charge is 2.03. The molecule has 1 nitrogen and oxygen atoms in total. The van der Waals surface area contributed by atoms with E-state index in [4.69, 9.17) is 6.42 Å². The lowest BCUT2D eigenvalue weighted by Gasteiger charge is -2.03. The quantitative estimate of drug-likeness (QED) is 0.569. The van der Waals surface area contributed by atoms with Crippen molar-refractivity contribution in [3.8, 4) is 12.3 Å². The zero-order chi connectivity index (χ0) is 14.1. The second-order valence-corrected chi connectivity index (χ2v) is 3.99. The lowest BCUT2D eigenvalue weighted by Crippen LogP contribution is -1.97. The van der Waals surface area contributed by atoms with Gasteiger partial charge in [-0.2, -0.15) is 0 Å². The lowest BCUT2D eigenvalue weighted by atomic mass is 10.0. The Morgan fingerprint density at radius 3 is 2.50 bits per heavy atom. The molecule has 1 heteroatoms. The first-order valence-electron chi connectivity index (χ1n) is 6.27. The Morgan fingerprint density at radius 1 is 1.33 bits per heavy atom. The van der Waals surface area contributed by atoms with Gasteiger partial charge in [0.25, 0.3) is 0 Å². The standard InChI is InChI=1S/C15H16O.C2H6/c1-5-6-15(16)13(4)10-14-9-11(2)7-8-12(14)3;1-2/h1,7-10H,6H2,2-4H3;1-2H3/b13-10+;. The number of hydrogen-bond donors (Lipinski definition) is 0. The van der Waals surface area contributed by atoms with Crippen LogP contribution in [0.1, 0.15) is 43.9 Å². The van der Waals surface area contributed by atoms with Gasteiger partial charge in [-0.3, -0.25) is 4.79 Å². The Hall–Kier alpha value is -1.81. The van der Waals surface area contributed by atoms with Crippen LogP contribution in [-0.2, 0) is 4.79 Å². The van der Waals surface area contributed by atoms with Gasteiger partial charge in [0.1, 0.15) is 0 Å². The van der Waals surface area contributed by atoms with Gasteiger partial charge in [-0.1, -0.05) is 43.5 Å². The van der Waals surface area contributed by atoms with Crippen LogP contribution < -0.4 is 0 Å². The maximum atomic E-state index is 11.5. The first-order chi connectivity index (χ1) is 8.54. The first-order valence-corrected chi connectivity index (χ1v) is 6.27. The number of hydrogen-bond acceptors (Lipinski definition) is 1. The number of carbonyl (C=O) groups excluding carboxylic acids is 1. The van der Waals surface area contributed by atoms with Crippen molar-refractivity contribution in [3.63, 3.8) is 0 Å². The van der Waals surface area contributed by atoms with E-state index < -0.39 is 0 Å². The minimum absolute atomic E-state index is 0.0170. The van der Waals surface area contributed by atoms with E-state index in [2.05, 4.69) is 24.1 Å². The minimum atomic E-state index is 0.0170. The van der Waals surface area contributed by atoms with Crippen LogP contribution in [0.25, 0.3) is 6.08 Å². The van der Waals surface area contributed by atoms with Crippen molar-refractivity contribution in [2.75, 3.05) is 0 Å². The van der Waals surface area contributed by atoms with Crippen LogP contribution in [0.3, 0.4) is 0 Å². The van der Waals surface area contributed by atoms with E-state index in [1.807, 2.05) is 33.8 Å². The SMILES string of the molecule is C#CCC(=O)/C(C)=C/c1cc(C)ccc1C.CC. The van der Waals surface area contributed by atoms with Crippen molar-refractivity contribution < 1.29 is 4.79 Å². The predicted molar refractivity (Wildman–Crippen MR) is 79.4 cm³/mol. The average molecular weight is 242 g/mol. The molecule has 0 N–H and O–H groups in total. The van der Waals surface area contributed by atoms with Gasteiger partial charge in [0, 0.05) is 0 Å². The molecule has 0 amide bonds. The van der Waals surface area contributed by atoms with Crippen LogP contribution in [0.15, 0.2) is 23.8 Å². The Kier molecular flexibility index (Phi) is 7.47. The normalized spacial score (nSPS) is 10.1. The summed E-state index contributed by atoms with van der Waals surface area (Å²) in [4.78, 5) is 11.5. The van der Waals surface area contributed by atoms with Crippen molar-refractivity contribution in [1.82, 2.24) is 0 Å². The molecule has 0 radical (unpaired) electrons. The maximum absolute atomic E-state index is 11.5. The molecule has 0 saturated carbocycles. The Balaban J connectivity index is 0.00000137. The highest BCUT2D eigenvalue weighted by Crippen LogP contribution is 2.15. The summed E-state index contributed by atoms with van der Waals surface area (Å²) in [6.45, 7) is 9.88. The summed E-state index contributed by atoms with van der Waals surface area (Å²) in [6.07, 6.45) is 7.20. The van der Waals surface area contributed by atoms with Crippen LogP contribution in [0, 0.1) is 26.2 Å². The highest BCUT2D eigenvalue weighted by molar-refractivity contribution is 6.00. The van der Waals surface area contributed by atoms with E-state index in [0.717, 1.165) is 5.56 Å². The fourth-order valence-electron chi connectivity index (χ4n) is 1.46. The second-order valence-electron chi connectivity index (χ2n) is 3.99. The highest BCUT2D eigenvalue weighted by atomic mass is 16.1.